The molecule has 0 saturated carbocycles. The molecule has 1 fully saturated rings. The summed E-state index contributed by atoms with van der Waals surface area (Å²) >= 11 is 0. The second kappa shape index (κ2) is 7.07. The van der Waals surface area contributed by atoms with Crippen LogP contribution in [0.25, 0.3) is 0 Å². The zero-order valence-corrected chi connectivity index (χ0v) is 13.7. The minimum atomic E-state index is -3.30. The molecule has 1 aliphatic heterocycles. The highest BCUT2D eigenvalue weighted by molar-refractivity contribution is 7.21. The van der Waals surface area contributed by atoms with Crippen molar-refractivity contribution in [2.75, 3.05) is 0 Å². The van der Waals surface area contributed by atoms with Crippen LogP contribution in [0.15, 0.2) is 24.5 Å². The van der Waals surface area contributed by atoms with E-state index in [1.807, 2.05) is 0 Å². The van der Waals surface area contributed by atoms with E-state index in [4.69, 9.17) is 4.43 Å². The summed E-state index contributed by atoms with van der Waals surface area (Å²) in [6.45, 7) is 7.10. The molecule has 1 heterocycles. The van der Waals surface area contributed by atoms with Crippen molar-refractivity contribution >= 4 is 28.4 Å². The zero-order valence-electron chi connectivity index (χ0n) is 11.7. The van der Waals surface area contributed by atoms with Crippen LogP contribution in [0.2, 0.25) is 5.04 Å². The van der Waals surface area contributed by atoms with Crippen LogP contribution in [0.5, 0.6) is 0 Å². The van der Waals surface area contributed by atoms with E-state index in [0.29, 0.717) is 0 Å². The van der Waals surface area contributed by atoms with E-state index >= 15 is 0 Å². The number of hydrogen-bond acceptors (Lipinski definition) is 1. The van der Waals surface area contributed by atoms with Crippen LogP contribution in [0.4, 0.5) is 26.3 Å². The molecule has 1 saturated heterocycles. The number of alkyl halides is 6. The van der Waals surface area contributed by atoms with E-state index in [2.05, 4.69) is 25.5 Å². The van der Waals surface area contributed by atoms with Gasteiger partial charge in [0.15, 0.2) is 12.3 Å². The van der Waals surface area contributed by atoms with E-state index < -0.39 is 59.2 Å². The average molecular weight is 358 g/mol. The summed E-state index contributed by atoms with van der Waals surface area (Å²) in [6.07, 6.45) is -5.98. The number of hydrogen-bond donors (Lipinski definition) is 0. The Morgan fingerprint density at radius 3 is 1.68 bits per heavy atom. The molecule has 0 aromatic rings. The van der Waals surface area contributed by atoms with Crippen molar-refractivity contribution in [3.8, 4) is 0 Å². The van der Waals surface area contributed by atoms with Crippen LogP contribution >= 0.6 is 0 Å². The molecule has 0 aromatic heterocycles. The van der Waals surface area contributed by atoms with Crippen LogP contribution in [0.3, 0.4) is 0 Å². The van der Waals surface area contributed by atoms with Gasteiger partial charge in [0.2, 0.25) is 8.17 Å². The molecule has 0 radical (unpaired) electrons. The summed E-state index contributed by atoms with van der Waals surface area (Å²) in [4.78, 5) is 0. The normalized spacial score (nSPS) is 25.6. The Bertz CT molecular complexity index is 461. The summed E-state index contributed by atoms with van der Waals surface area (Å²) in [5, 5.41) is -1.61. The lowest BCUT2D eigenvalue weighted by atomic mass is 9.87. The van der Waals surface area contributed by atoms with Gasteiger partial charge in [0.25, 0.3) is 12.9 Å². The highest BCUT2D eigenvalue weighted by atomic mass is 29.2. The third kappa shape index (κ3) is 3.68. The summed E-state index contributed by atoms with van der Waals surface area (Å²) in [7, 11) is -4.04. The summed E-state index contributed by atoms with van der Waals surface area (Å²) in [5.74, 6) is -0.0378. The van der Waals surface area contributed by atoms with Crippen LogP contribution in [0, 0.1) is 0 Å². The number of rotatable bonds is 6. The molecule has 2 unspecified atom stereocenters. The minimum Gasteiger partial charge on any atom is -0.518 e. The van der Waals surface area contributed by atoms with Gasteiger partial charge in [-0.15, -0.1) is 6.17 Å². The highest BCUT2D eigenvalue weighted by Crippen LogP contribution is 2.52. The van der Waals surface area contributed by atoms with Crippen LogP contribution in [-0.4, -0.2) is 53.6 Å². The SMILES string of the molecule is C=C1O[Si](=C)[Si](=C)C(CC(F)C(F)F)(CC(F)C(F)F)C1=C. The van der Waals surface area contributed by atoms with Gasteiger partial charge in [0.05, 0.1) is 7.93 Å². The standard InChI is InChI=1S/C13H16F6OSi2/c1-7-8(2)20-22(4)21(3)13(7,5-9(14)11(16)17)6-10(15)12(18)19/h9-12H,1-6H2. The summed E-state index contributed by atoms with van der Waals surface area (Å²) in [5.41, 5.74) is -0.0274. The maximum absolute atomic E-state index is 13.6. The van der Waals surface area contributed by atoms with Crippen molar-refractivity contribution < 1.29 is 30.8 Å². The molecular formula is C13H16F6OSi2. The Balaban J connectivity index is 3.29. The van der Waals surface area contributed by atoms with Gasteiger partial charge < -0.3 is 4.43 Å². The molecule has 22 heavy (non-hydrogen) atoms. The van der Waals surface area contributed by atoms with Crippen molar-refractivity contribution in [2.24, 2.45) is 0 Å². The predicted molar refractivity (Wildman–Crippen MR) is 78.8 cm³/mol. The molecule has 0 spiro atoms. The Hall–Kier alpha value is -0.966. The first-order valence-electron chi connectivity index (χ1n) is 6.32. The topological polar surface area (TPSA) is 9.23 Å². The molecule has 0 bridgehead atoms. The molecule has 1 aliphatic rings. The molecule has 0 aliphatic carbocycles. The summed E-state index contributed by atoms with van der Waals surface area (Å²) in [6, 6.07) is 0. The smallest absolute Gasteiger partial charge is 0.269 e. The van der Waals surface area contributed by atoms with E-state index in [1.165, 1.54) is 0 Å². The molecule has 9 heteroatoms. The van der Waals surface area contributed by atoms with Crippen molar-refractivity contribution in [3.63, 3.8) is 0 Å². The van der Waals surface area contributed by atoms with Crippen LogP contribution in [0.1, 0.15) is 12.8 Å². The second-order valence-electron chi connectivity index (χ2n) is 5.10. The largest absolute Gasteiger partial charge is 0.518 e. The van der Waals surface area contributed by atoms with E-state index in [1.54, 1.807) is 0 Å². The Kier molecular flexibility index (Phi) is 6.13. The van der Waals surface area contributed by atoms with Crippen molar-refractivity contribution in [1.29, 1.82) is 0 Å². The zero-order chi connectivity index (χ0) is 17.2. The van der Waals surface area contributed by atoms with Gasteiger partial charge in [-0.3, -0.25) is 0 Å². The Morgan fingerprint density at radius 2 is 1.32 bits per heavy atom. The minimum absolute atomic E-state index is 0.0274. The lowest BCUT2D eigenvalue weighted by Crippen LogP contribution is -2.46. The second-order valence-corrected chi connectivity index (χ2v) is 11.5. The Morgan fingerprint density at radius 1 is 0.909 bits per heavy atom. The van der Waals surface area contributed by atoms with Crippen molar-refractivity contribution in [1.82, 2.24) is 0 Å². The lowest BCUT2D eigenvalue weighted by Gasteiger charge is -2.43. The maximum atomic E-state index is 13.6. The molecule has 0 aromatic carbocycles. The first-order chi connectivity index (χ1) is 10.0. The molecule has 124 valence electrons. The van der Waals surface area contributed by atoms with Gasteiger partial charge in [-0.25, -0.2) is 26.3 Å². The fraction of sp³-hybridized carbons (Fsp3) is 0.538. The third-order valence-corrected chi connectivity index (χ3v) is 10.5. The van der Waals surface area contributed by atoms with Crippen LogP contribution < -0.4 is 0 Å². The number of halogens is 6. The maximum Gasteiger partial charge on any atom is 0.269 e. The molecule has 1 nitrogen and oxygen atoms in total. The molecular weight excluding hydrogens is 342 g/mol. The van der Waals surface area contributed by atoms with Crippen LogP contribution in [-0.2, 0) is 4.43 Å². The molecule has 1 rings (SSSR count). The van der Waals surface area contributed by atoms with Crippen molar-refractivity contribution in [2.45, 2.75) is 43.1 Å². The third-order valence-electron chi connectivity index (χ3n) is 3.71. The van der Waals surface area contributed by atoms with Gasteiger partial charge in [0.1, 0.15) is 5.76 Å². The van der Waals surface area contributed by atoms with E-state index in [-0.39, 0.29) is 11.3 Å². The average Bonchev–Trinajstić information content (AvgIpc) is 2.42. The first-order valence-corrected chi connectivity index (χ1v) is 10.6. The quantitative estimate of drug-likeness (QED) is 0.522. The first kappa shape index (κ1) is 19.1. The highest BCUT2D eigenvalue weighted by Gasteiger charge is 2.49. The summed E-state index contributed by atoms with van der Waals surface area (Å²) < 4.78 is 82.9. The Labute approximate surface area is 127 Å². The molecule has 0 N–H and O–H groups in total. The van der Waals surface area contributed by atoms with E-state index in [0.717, 1.165) is 0 Å². The van der Waals surface area contributed by atoms with E-state index in [9.17, 15) is 26.3 Å². The fourth-order valence-electron chi connectivity index (χ4n) is 2.41. The molecule has 0 amide bonds. The fourth-order valence-corrected chi connectivity index (χ4v) is 8.28. The number of allylic oxidation sites excluding steroid dienone is 1. The monoisotopic (exact) mass is 358 g/mol. The van der Waals surface area contributed by atoms with Gasteiger partial charge in [-0.05, 0) is 18.4 Å². The lowest BCUT2D eigenvalue weighted by molar-refractivity contribution is 0.0208. The van der Waals surface area contributed by atoms with Gasteiger partial charge in [-0.2, -0.15) is 0 Å². The predicted octanol–water partition coefficient (Wildman–Crippen LogP) is 3.41. The van der Waals surface area contributed by atoms with Gasteiger partial charge in [0, 0.05) is 5.04 Å². The van der Waals surface area contributed by atoms with Crippen molar-refractivity contribution in [3.05, 3.63) is 24.5 Å². The van der Waals surface area contributed by atoms with Gasteiger partial charge in [-0.1, -0.05) is 19.3 Å². The van der Waals surface area contributed by atoms with Gasteiger partial charge >= 0.3 is 0 Å². The molecule has 2 atom stereocenters.